The van der Waals surface area contributed by atoms with E-state index >= 15 is 0 Å². The minimum Gasteiger partial charge on any atom is -0.365 e. The molecule has 0 radical (unpaired) electrons. The predicted octanol–water partition coefficient (Wildman–Crippen LogP) is 2.47. The molecule has 2 fully saturated rings. The predicted molar refractivity (Wildman–Crippen MR) is 85.1 cm³/mol. The highest BCUT2D eigenvalue weighted by molar-refractivity contribution is 5.49. The number of hydrogen-bond donors (Lipinski definition) is 1. The molecule has 2 unspecified atom stereocenters. The van der Waals surface area contributed by atoms with Gasteiger partial charge >= 0.3 is 0 Å². The average Bonchev–Trinajstić information content (AvgIpc) is 2.96. The zero-order valence-corrected chi connectivity index (χ0v) is 12.6. The summed E-state index contributed by atoms with van der Waals surface area (Å²) in [5, 5.41) is 0. The minimum absolute atomic E-state index is 0.154. The molecule has 0 amide bonds. The Hall–Kier alpha value is -1.06. The summed E-state index contributed by atoms with van der Waals surface area (Å²) >= 11 is 0. The van der Waals surface area contributed by atoms with Crippen molar-refractivity contribution < 1.29 is 0 Å². The zero-order chi connectivity index (χ0) is 14.0. The average molecular weight is 273 g/mol. The number of para-hydroxylation sites is 1. The first-order valence-corrected chi connectivity index (χ1v) is 8.06. The number of hydrogen-bond acceptors (Lipinski definition) is 3. The van der Waals surface area contributed by atoms with E-state index in [1.54, 1.807) is 0 Å². The molecule has 3 nitrogen and oxygen atoms in total. The van der Waals surface area contributed by atoms with Crippen molar-refractivity contribution in [1.82, 2.24) is 4.90 Å². The van der Waals surface area contributed by atoms with Gasteiger partial charge < -0.3 is 15.5 Å². The molecule has 2 aliphatic heterocycles. The molecule has 0 aromatic heterocycles. The molecule has 0 saturated carbocycles. The van der Waals surface area contributed by atoms with Crippen LogP contribution in [0.2, 0.25) is 0 Å². The Labute approximate surface area is 122 Å². The Morgan fingerprint density at radius 3 is 2.80 bits per heavy atom. The van der Waals surface area contributed by atoms with Crippen molar-refractivity contribution in [2.75, 3.05) is 31.1 Å². The van der Waals surface area contributed by atoms with Gasteiger partial charge in [-0.05, 0) is 51.3 Å². The van der Waals surface area contributed by atoms with Crippen LogP contribution in [0.1, 0.15) is 32.6 Å². The number of benzene rings is 1. The molecule has 0 bridgehead atoms. The third kappa shape index (κ3) is 2.33. The van der Waals surface area contributed by atoms with E-state index in [9.17, 15) is 0 Å². The molecule has 0 spiro atoms. The highest BCUT2D eigenvalue weighted by Crippen LogP contribution is 2.38. The molecule has 1 aromatic carbocycles. The van der Waals surface area contributed by atoms with Gasteiger partial charge in [0.2, 0.25) is 0 Å². The van der Waals surface area contributed by atoms with Gasteiger partial charge in [0.25, 0.3) is 0 Å². The maximum Gasteiger partial charge on any atom is 0.0551 e. The molecule has 2 aliphatic rings. The van der Waals surface area contributed by atoms with Gasteiger partial charge in [0.05, 0.1) is 5.54 Å². The summed E-state index contributed by atoms with van der Waals surface area (Å²) in [6, 6.07) is 11.6. The fourth-order valence-corrected chi connectivity index (χ4v) is 4.25. The second-order valence-corrected chi connectivity index (χ2v) is 6.29. The topological polar surface area (TPSA) is 32.5 Å². The van der Waals surface area contributed by atoms with Gasteiger partial charge in [0.1, 0.15) is 0 Å². The van der Waals surface area contributed by atoms with Crippen LogP contribution in [-0.4, -0.2) is 42.7 Å². The Bertz CT molecular complexity index is 433. The van der Waals surface area contributed by atoms with Crippen LogP contribution in [0.25, 0.3) is 0 Å². The highest BCUT2D eigenvalue weighted by atomic mass is 15.3. The van der Waals surface area contributed by atoms with Crippen molar-refractivity contribution in [3.8, 4) is 0 Å². The largest absolute Gasteiger partial charge is 0.365 e. The number of nitrogens with zero attached hydrogens (tertiary/aromatic N) is 2. The van der Waals surface area contributed by atoms with Crippen molar-refractivity contribution in [1.29, 1.82) is 0 Å². The third-order valence-electron chi connectivity index (χ3n) is 5.32. The van der Waals surface area contributed by atoms with Crippen LogP contribution >= 0.6 is 0 Å². The quantitative estimate of drug-likeness (QED) is 0.914. The van der Waals surface area contributed by atoms with Gasteiger partial charge in [-0.25, -0.2) is 0 Å². The van der Waals surface area contributed by atoms with Crippen LogP contribution in [0.15, 0.2) is 30.3 Å². The molecule has 1 aromatic rings. The SMILES string of the molecule is CCN(c1ccccc1)C1(CN)CCN2CCCC2C1. The molecule has 20 heavy (non-hydrogen) atoms. The molecular formula is C17H27N3. The first-order valence-electron chi connectivity index (χ1n) is 8.06. The van der Waals surface area contributed by atoms with Crippen molar-refractivity contribution in [2.24, 2.45) is 5.73 Å². The van der Waals surface area contributed by atoms with Crippen LogP contribution in [-0.2, 0) is 0 Å². The molecular weight excluding hydrogens is 246 g/mol. The number of piperidine rings is 1. The Morgan fingerprint density at radius 1 is 1.30 bits per heavy atom. The summed E-state index contributed by atoms with van der Waals surface area (Å²) < 4.78 is 0. The fourth-order valence-electron chi connectivity index (χ4n) is 4.25. The number of anilines is 1. The summed E-state index contributed by atoms with van der Waals surface area (Å²) in [6.45, 7) is 6.56. The number of fused-ring (bicyclic) bond motifs is 1. The van der Waals surface area contributed by atoms with E-state index in [1.165, 1.54) is 44.5 Å². The lowest BCUT2D eigenvalue weighted by molar-refractivity contribution is 0.129. The second-order valence-electron chi connectivity index (χ2n) is 6.29. The summed E-state index contributed by atoms with van der Waals surface area (Å²) in [7, 11) is 0. The molecule has 2 heterocycles. The third-order valence-corrected chi connectivity index (χ3v) is 5.32. The van der Waals surface area contributed by atoms with Crippen molar-refractivity contribution >= 4 is 5.69 Å². The summed E-state index contributed by atoms with van der Waals surface area (Å²) in [6.07, 6.45) is 5.14. The summed E-state index contributed by atoms with van der Waals surface area (Å²) in [4.78, 5) is 5.23. The smallest absolute Gasteiger partial charge is 0.0551 e. The van der Waals surface area contributed by atoms with Crippen LogP contribution in [0.3, 0.4) is 0 Å². The summed E-state index contributed by atoms with van der Waals surface area (Å²) in [5.74, 6) is 0. The molecule has 0 aliphatic carbocycles. The van der Waals surface area contributed by atoms with Gasteiger partial charge in [-0.1, -0.05) is 18.2 Å². The van der Waals surface area contributed by atoms with Gasteiger partial charge in [0, 0.05) is 31.4 Å². The number of likely N-dealkylation sites (N-methyl/N-ethyl adjacent to an activating group) is 1. The molecule has 2 N–H and O–H groups in total. The lowest BCUT2D eigenvalue weighted by Crippen LogP contribution is -2.61. The van der Waals surface area contributed by atoms with E-state index in [1.807, 2.05) is 0 Å². The Balaban J connectivity index is 1.87. The van der Waals surface area contributed by atoms with Crippen LogP contribution in [0.4, 0.5) is 5.69 Å². The molecule has 3 heteroatoms. The van der Waals surface area contributed by atoms with E-state index < -0.39 is 0 Å². The van der Waals surface area contributed by atoms with E-state index in [2.05, 4.69) is 47.1 Å². The van der Waals surface area contributed by atoms with Crippen LogP contribution in [0, 0.1) is 0 Å². The minimum atomic E-state index is 0.154. The highest BCUT2D eigenvalue weighted by Gasteiger charge is 2.43. The maximum absolute atomic E-state index is 6.27. The van der Waals surface area contributed by atoms with E-state index in [-0.39, 0.29) is 5.54 Å². The first kappa shape index (κ1) is 13.9. The maximum atomic E-state index is 6.27. The number of nitrogens with two attached hydrogens (primary N) is 1. The van der Waals surface area contributed by atoms with Crippen molar-refractivity contribution in [3.05, 3.63) is 30.3 Å². The lowest BCUT2D eigenvalue weighted by Gasteiger charge is -2.51. The van der Waals surface area contributed by atoms with E-state index in [0.717, 1.165) is 19.1 Å². The monoisotopic (exact) mass is 273 g/mol. The second kappa shape index (κ2) is 5.74. The fraction of sp³-hybridized carbons (Fsp3) is 0.647. The standard InChI is InChI=1S/C17H27N3/c1-2-20(15-7-4-3-5-8-15)17(14-18)10-12-19-11-6-9-16(19)13-17/h3-5,7-8,16H,2,6,9-14,18H2,1H3. The Morgan fingerprint density at radius 2 is 2.10 bits per heavy atom. The molecule has 2 atom stereocenters. The molecule has 3 rings (SSSR count). The lowest BCUT2D eigenvalue weighted by atomic mass is 9.81. The van der Waals surface area contributed by atoms with Crippen LogP contribution < -0.4 is 10.6 Å². The summed E-state index contributed by atoms with van der Waals surface area (Å²) in [5.41, 5.74) is 7.75. The first-order chi connectivity index (χ1) is 9.79. The van der Waals surface area contributed by atoms with Crippen molar-refractivity contribution in [3.63, 3.8) is 0 Å². The van der Waals surface area contributed by atoms with E-state index in [4.69, 9.17) is 5.73 Å². The van der Waals surface area contributed by atoms with Crippen LogP contribution in [0.5, 0.6) is 0 Å². The van der Waals surface area contributed by atoms with Gasteiger partial charge in [0.15, 0.2) is 0 Å². The molecule has 2 saturated heterocycles. The Kier molecular flexibility index (Phi) is 3.99. The van der Waals surface area contributed by atoms with E-state index in [0.29, 0.717) is 0 Å². The number of rotatable bonds is 4. The van der Waals surface area contributed by atoms with Gasteiger partial charge in [-0.3, -0.25) is 0 Å². The van der Waals surface area contributed by atoms with Crippen molar-refractivity contribution in [2.45, 2.75) is 44.2 Å². The molecule has 110 valence electrons. The normalized spacial score (nSPS) is 30.2. The van der Waals surface area contributed by atoms with Gasteiger partial charge in [-0.15, -0.1) is 0 Å². The zero-order valence-electron chi connectivity index (χ0n) is 12.6. The van der Waals surface area contributed by atoms with Gasteiger partial charge in [-0.2, -0.15) is 0 Å².